The number of amides is 1. The molecule has 0 aliphatic rings. The molecule has 0 saturated heterocycles. The van der Waals surface area contributed by atoms with Crippen LogP contribution in [0.2, 0.25) is 0 Å². The van der Waals surface area contributed by atoms with Gasteiger partial charge in [-0.15, -0.1) is 0 Å². The van der Waals surface area contributed by atoms with Gasteiger partial charge in [-0.05, 0) is 30.5 Å². The molecule has 2 rings (SSSR count). The van der Waals surface area contributed by atoms with Gasteiger partial charge >= 0.3 is 0 Å². The second kappa shape index (κ2) is 7.62. The molecule has 0 heterocycles. The Hall–Kier alpha value is -2.14. The van der Waals surface area contributed by atoms with Gasteiger partial charge in [-0.3, -0.25) is 4.79 Å². The molecule has 0 unspecified atom stereocenters. The van der Waals surface area contributed by atoms with Gasteiger partial charge in [0.15, 0.2) is 9.84 Å². The van der Waals surface area contributed by atoms with Gasteiger partial charge in [0, 0.05) is 13.6 Å². The molecule has 4 nitrogen and oxygen atoms in total. The third-order valence-electron chi connectivity index (χ3n) is 3.95. The third-order valence-corrected chi connectivity index (χ3v) is 5.38. The van der Waals surface area contributed by atoms with Crippen molar-refractivity contribution in [3.05, 3.63) is 70.8 Å². The van der Waals surface area contributed by atoms with Crippen molar-refractivity contribution in [2.24, 2.45) is 0 Å². The summed E-state index contributed by atoms with van der Waals surface area (Å²) in [5, 5.41) is 0. The first-order valence-electron chi connectivity index (χ1n) is 7.81. The largest absolute Gasteiger partial charge is 0.341 e. The summed E-state index contributed by atoms with van der Waals surface area (Å²) in [6.45, 7) is 4.27. The van der Waals surface area contributed by atoms with Crippen LogP contribution in [0.3, 0.4) is 0 Å². The van der Waals surface area contributed by atoms with Gasteiger partial charge in [0.25, 0.3) is 0 Å². The molecule has 0 spiro atoms. The van der Waals surface area contributed by atoms with Crippen molar-refractivity contribution in [2.75, 3.05) is 12.8 Å². The Morgan fingerprint density at radius 2 is 1.62 bits per heavy atom. The smallest absolute Gasteiger partial charge is 0.237 e. The quantitative estimate of drug-likeness (QED) is 0.809. The van der Waals surface area contributed by atoms with Crippen LogP contribution in [0.25, 0.3) is 0 Å². The number of nitrogens with zero attached hydrogens (tertiary/aromatic N) is 1. The van der Waals surface area contributed by atoms with E-state index in [4.69, 9.17) is 0 Å². The summed E-state index contributed by atoms with van der Waals surface area (Å²) in [5.74, 6) is -0.961. The molecule has 0 aromatic heterocycles. The minimum atomic E-state index is -3.49. The fourth-order valence-electron chi connectivity index (χ4n) is 2.41. The van der Waals surface area contributed by atoms with E-state index in [0.717, 1.165) is 22.3 Å². The number of hydrogen-bond donors (Lipinski definition) is 0. The van der Waals surface area contributed by atoms with Crippen LogP contribution in [0.1, 0.15) is 22.3 Å². The molecule has 128 valence electrons. The summed E-state index contributed by atoms with van der Waals surface area (Å²) >= 11 is 0. The minimum Gasteiger partial charge on any atom is -0.341 e. The van der Waals surface area contributed by atoms with Crippen molar-refractivity contribution in [2.45, 2.75) is 26.1 Å². The molecule has 0 aliphatic carbocycles. The first-order chi connectivity index (χ1) is 11.3. The van der Waals surface area contributed by atoms with Gasteiger partial charge in [-0.1, -0.05) is 54.1 Å². The average molecular weight is 345 g/mol. The third kappa shape index (κ3) is 5.20. The van der Waals surface area contributed by atoms with Crippen LogP contribution in [0.4, 0.5) is 0 Å². The summed E-state index contributed by atoms with van der Waals surface area (Å²) in [5.41, 5.74) is 3.79. The highest BCUT2D eigenvalue weighted by molar-refractivity contribution is 7.91. The lowest BCUT2D eigenvalue weighted by Gasteiger charge is -2.17. The van der Waals surface area contributed by atoms with E-state index in [-0.39, 0.29) is 11.7 Å². The number of aryl methyl sites for hydroxylation is 2. The van der Waals surface area contributed by atoms with Crippen molar-refractivity contribution in [3.63, 3.8) is 0 Å². The Morgan fingerprint density at radius 3 is 2.25 bits per heavy atom. The summed E-state index contributed by atoms with van der Waals surface area (Å²) in [7, 11) is -1.86. The van der Waals surface area contributed by atoms with Crippen LogP contribution < -0.4 is 0 Å². The van der Waals surface area contributed by atoms with Crippen molar-refractivity contribution in [3.8, 4) is 0 Å². The van der Waals surface area contributed by atoms with Crippen LogP contribution in [-0.2, 0) is 26.9 Å². The molecule has 0 radical (unpaired) electrons. The minimum absolute atomic E-state index is 0.107. The normalized spacial score (nSPS) is 11.3. The monoisotopic (exact) mass is 345 g/mol. The number of carbonyl (C=O) groups excluding carboxylic acids is 1. The van der Waals surface area contributed by atoms with Crippen molar-refractivity contribution in [1.82, 2.24) is 4.90 Å². The summed E-state index contributed by atoms with van der Waals surface area (Å²) in [4.78, 5) is 13.7. The lowest BCUT2D eigenvalue weighted by molar-refractivity contribution is -0.127. The van der Waals surface area contributed by atoms with Crippen LogP contribution >= 0.6 is 0 Å². The highest BCUT2D eigenvalue weighted by atomic mass is 32.2. The maximum Gasteiger partial charge on any atom is 0.237 e. The first-order valence-corrected chi connectivity index (χ1v) is 9.63. The van der Waals surface area contributed by atoms with Gasteiger partial charge in [0.05, 0.1) is 5.75 Å². The Morgan fingerprint density at radius 1 is 1.00 bits per heavy atom. The molecule has 2 aromatic rings. The zero-order valence-corrected chi connectivity index (χ0v) is 15.1. The average Bonchev–Trinajstić information content (AvgIpc) is 2.51. The van der Waals surface area contributed by atoms with Gasteiger partial charge in [-0.25, -0.2) is 8.42 Å². The lowest BCUT2D eigenvalue weighted by atomic mass is 10.1. The van der Waals surface area contributed by atoms with Crippen LogP contribution in [-0.4, -0.2) is 32.0 Å². The van der Waals surface area contributed by atoms with Gasteiger partial charge in [0.2, 0.25) is 5.91 Å². The molecule has 2 aromatic carbocycles. The fourth-order valence-corrected chi connectivity index (χ4v) is 3.91. The van der Waals surface area contributed by atoms with Crippen molar-refractivity contribution >= 4 is 15.7 Å². The second-order valence-corrected chi connectivity index (χ2v) is 8.26. The van der Waals surface area contributed by atoms with E-state index in [1.165, 1.54) is 4.90 Å². The highest BCUT2D eigenvalue weighted by Crippen LogP contribution is 2.13. The SMILES string of the molecule is Cc1ccc(CN(C)C(=O)CS(=O)(=O)Cc2ccccc2C)cc1. The molecule has 0 saturated carbocycles. The van der Waals surface area contributed by atoms with E-state index in [9.17, 15) is 13.2 Å². The number of hydrogen-bond acceptors (Lipinski definition) is 3. The summed E-state index contributed by atoms with van der Waals surface area (Å²) < 4.78 is 24.6. The predicted octanol–water partition coefficient (Wildman–Crippen LogP) is 2.88. The lowest BCUT2D eigenvalue weighted by Crippen LogP contribution is -2.32. The van der Waals surface area contributed by atoms with Gasteiger partial charge < -0.3 is 4.90 Å². The summed E-state index contributed by atoms with van der Waals surface area (Å²) in [6, 6.07) is 15.2. The molecule has 0 fully saturated rings. The topological polar surface area (TPSA) is 54.5 Å². The molecule has 0 atom stereocenters. The molecule has 1 amide bonds. The molecule has 0 N–H and O–H groups in total. The van der Waals surface area contributed by atoms with Gasteiger partial charge in [-0.2, -0.15) is 0 Å². The van der Waals surface area contributed by atoms with Crippen molar-refractivity contribution < 1.29 is 13.2 Å². The van der Waals surface area contributed by atoms with E-state index >= 15 is 0 Å². The fraction of sp³-hybridized carbons (Fsp3) is 0.316. The Balaban J connectivity index is 1.99. The van der Waals surface area contributed by atoms with Gasteiger partial charge in [0.1, 0.15) is 5.75 Å². The molecule has 0 bridgehead atoms. The molecular weight excluding hydrogens is 322 g/mol. The Labute approximate surface area is 144 Å². The first kappa shape index (κ1) is 18.2. The Kier molecular flexibility index (Phi) is 5.78. The van der Waals surface area contributed by atoms with E-state index in [1.807, 2.05) is 56.3 Å². The molecule has 24 heavy (non-hydrogen) atoms. The number of benzene rings is 2. The zero-order chi connectivity index (χ0) is 17.7. The van der Waals surface area contributed by atoms with E-state index in [2.05, 4.69) is 0 Å². The van der Waals surface area contributed by atoms with Crippen molar-refractivity contribution in [1.29, 1.82) is 0 Å². The standard InChI is InChI=1S/C19H23NO3S/c1-15-8-10-17(11-9-15)12-20(3)19(21)14-24(22,23)13-18-7-5-4-6-16(18)2/h4-11H,12-14H2,1-3H3. The number of carbonyl (C=O) groups is 1. The number of sulfone groups is 1. The van der Waals surface area contributed by atoms with Crippen LogP contribution in [0.15, 0.2) is 48.5 Å². The highest BCUT2D eigenvalue weighted by Gasteiger charge is 2.21. The maximum atomic E-state index is 12.3. The van der Waals surface area contributed by atoms with E-state index in [0.29, 0.717) is 6.54 Å². The maximum absolute atomic E-state index is 12.3. The molecule has 5 heteroatoms. The van der Waals surface area contributed by atoms with Crippen LogP contribution in [0, 0.1) is 13.8 Å². The van der Waals surface area contributed by atoms with Crippen LogP contribution in [0.5, 0.6) is 0 Å². The zero-order valence-electron chi connectivity index (χ0n) is 14.3. The molecular formula is C19H23NO3S. The Bertz CT molecular complexity index is 811. The molecule has 0 aliphatic heterocycles. The van der Waals surface area contributed by atoms with E-state index in [1.54, 1.807) is 13.1 Å². The predicted molar refractivity (Wildman–Crippen MR) is 96.3 cm³/mol. The second-order valence-electron chi connectivity index (χ2n) is 6.19. The summed E-state index contributed by atoms with van der Waals surface area (Å²) in [6.07, 6.45) is 0. The number of rotatable bonds is 6. The van der Waals surface area contributed by atoms with E-state index < -0.39 is 15.6 Å².